The molecule has 1 amide bonds. The standard InChI is InChI=1S/C22H21N5O/c1-13-14(2)24-19-12-15(9-10-18(19)23-13)22(28)27-11-5-8-20(27)21-25-16-6-3-4-7-17(16)26-21/h3-4,6-7,9-10,12,20H,5,8,11H2,1-2H3,(H,25,26). The molecule has 0 aliphatic carbocycles. The van der Waals surface area contributed by atoms with Crippen LogP contribution in [0.5, 0.6) is 0 Å². The van der Waals surface area contributed by atoms with E-state index in [4.69, 9.17) is 4.98 Å². The number of imidazole rings is 1. The van der Waals surface area contributed by atoms with E-state index >= 15 is 0 Å². The Morgan fingerprint density at radius 2 is 1.79 bits per heavy atom. The Kier molecular flexibility index (Phi) is 3.86. The first kappa shape index (κ1) is 16.9. The van der Waals surface area contributed by atoms with E-state index in [-0.39, 0.29) is 11.9 Å². The molecule has 6 heteroatoms. The summed E-state index contributed by atoms with van der Waals surface area (Å²) in [7, 11) is 0. The molecule has 140 valence electrons. The van der Waals surface area contributed by atoms with Crippen molar-refractivity contribution in [3.8, 4) is 0 Å². The Hall–Kier alpha value is -3.28. The molecule has 1 atom stereocenters. The second-order valence-corrected chi connectivity index (χ2v) is 7.39. The van der Waals surface area contributed by atoms with Gasteiger partial charge in [0.05, 0.1) is 39.5 Å². The SMILES string of the molecule is Cc1nc2ccc(C(=O)N3CCCC3c3nc4ccccc4[nH]3)cc2nc1C. The average Bonchev–Trinajstić information content (AvgIpc) is 3.34. The maximum atomic E-state index is 13.3. The molecule has 1 fully saturated rings. The third-order valence-corrected chi connectivity index (χ3v) is 5.56. The first-order chi connectivity index (χ1) is 13.6. The van der Waals surface area contributed by atoms with Crippen LogP contribution < -0.4 is 0 Å². The van der Waals surface area contributed by atoms with E-state index < -0.39 is 0 Å². The van der Waals surface area contributed by atoms with Crippen LogP contribution in [-0.2, 0) is 0 Å². The summed E-state index contributed by atoms with van der Waals surface area (Å²) in [5.41, 5.74) is 5.96. The van der Waals surface area contributed by atoms with Crippen molar-refractivity contribution in [1.29, 1.82) is 0 Å². The Morgan fingerprint density at radius 1 is 1.00 bits per heavy atom. The van der Waals surface area contributed by atoms with E-state index in [0.717, 1.165) is 58.7 Å². The number of para-hydroxylation sites is 2. The normalized spacial score (nSPS) is 16.9. The molecule has 1 N–H and O–H groups in total. The maximum absolute atomic E-state index is 13.3. The largest absolute Gasteiger partial charge is 0.340 e. The van der Waals surface area contributed by atoms with Crippen molar-refractivity contribution in [1.82, 2.24) is 24.8 Å². The molecule has 0 radical (unpaired) electrons. The van der Waals surface area contributed by atoms with E-state index in [2.05, 4.69) is 15.0 Å². The van der Waals surface area contributed by atoms with E-state index in [0.29, 0.717) is 5.56 Å². The predicted molar refractivity (Wildman–Crippen MR) is 108 cm³/mol. The van der Waals surface area contributed by atoms with Crippen LogP contribution in [0.3, 0.4) is 0 Å². The molecule has 2 aromatic heterocycles. The molecular formula is C22H21N5O. The second-order valence-electron chi connectivity index (χ2n) is 7.39. The fourth-order valence-corrected chi connectivity index (χ4v) is 3.95. The molecule has 6 nitrogen and oxygen atoms in total. The lowest BCUT2D eigenvalue weighted by atomic mass is 10.1. The monoisotopic (exact) mass is 371 g/mol. The van der Waals surface area contributed by atoms with Crippen molar-refractivity contribution in [2.75, 3.05) is 6.54 Å². The molecule has 0 spiro atoms. The summed E-state index contributed by atoms with van der Waals surface area (Å²) in [6.07, 6.45) is 1.89. The second kappa shape index (κ2) is 6.41. The van der Waals surface area contributed by atoms with E-state index in [1.54, 1.807) is 0 Å². The van der Waals surface area contributed by atoms with Gasteiger partial charge < -0.3 is 9.88 Å². The van der Waals surface area contributed by atoms with E-state index in [9.17, 15) is 4.79 Å². The maximum Gasteiger partial charge on any atom is 0.254 e. The highest BCUT2D eigenvalue weighted by Crippen LogP contribution is 2.33. The van der Waals surface area contributed by atoms with Crippen molar-refractivity contribution >= 4 is 28.0 Å². The van der Waals surface area contributed by atoms with Gasteiger partial charge in [-0.1, -0.05) is 12.1 Å². The number of amides is 1. The summed E-state index contributed by atoms with van der Waals surface area (Å²) in [4.78, 5) is 32.5. The number of fused-ring (bicyclic) bond motifs is 2. The fraction of sp³-hybridized carbons (Fsp3) is 0.273. The zero-order valence-electron chi connectivity index (χ0n) is 15.9. The Bertz CT molecular complexity index is 1180. The topological polar surface area (TPSA) is 74.8 Å². The predicted octanol–water partition coefficient (Wildman–Crippen LogP) is 4.10. The van der Waals surface area contributed by atoms with Crippen molar-refractivity contribution in [2.45, 2.75) is 32.7 Å². The van der Waals surface area contributed by atoms with Crippen LogP contribution in [0.25, 0.3) is 22.1 Å². The van der Waals surface area contributed by atoms with Crippen LogP contribution in [0, 0.1) is 13.8 Å². The lowest BCUT2D eigenvalue weighted by Gasteiger charge is -2.23. The van der Waals surface area contributed by atoms with Crippen molar-refractivity contribution in [3.63, 3.8) is 0 Å². The van der Waals surface area contributed by atoms with Gasteiger partial charge in [0.1, 0.15) is 5.82 Å². The molecule has 1 aliphatic rings. The van der Waals surface area contributed by atoms with Crippen molar-refractivity contribution < 1.29 is 4.79 Å². The number of hydrogen-bond donors (Lipinski definition) is 1. The van der Waals surface area contributed by atoms with Gasteiger partial charge >= 0.3 is 0 Å². The van der Waals surface area contributed by atoms with Crippen LogP contribution in [0.1, 0.15) is 46.5 Å². The number of nitrogens with zero attached hydrogens (tertiary/aromatic N) is 4. The molecule has 1 saturated heterocycles. The molecule has 3 heterocycles. The minimum absolute atomic E-state index is 0.0184. The van der Waals surface area contributed by atoms with Gasteiger partial charge in [0.15, 0.2) is 0 Å². The Morgan fingerprint density at radius 3 is 2.61 bits per heavy atom. The van der Waals surface area contributed by atoms with Gasteiger partial charge in [-0.3, -0.25) is 4.79 Å². The minimum Gasteiger partial charge on any atom is -0.340 e. The van der Waals surface area contributed by atoms with Gasteiger partial charge in [-0.2, -0.15) is 0 Å². The lowest BCUT2D eigenvalue weighted by Crippen LogP contribution is -2.31. The zero-order valence-corrected chi connectivity index (χ0v) is 15.9. The average molecular weight is 371 g/mol. The molecule has 5 rings (SSSR count). The number of aryl methyl sites for hydroxylation is 2. The highest BCUT2D eigenvalue weighted by molar-refractivity contribution is 5.97. The number of carbonyl (C=O) groups is 1. The Labute approximate surface area is 162 Å². The highest BCUT2D eigenvalue weighted by atomic mass is 16.2. The van der Waals surface area contributed by atoms with Gasteiger partial charge in [0.25, 0.3) is 5.91 Å². The molecular weight excluding hydrogens is 350 g/mol. The number of nitrogens with one attached hydrogen (secondary N) is 1. The number of aromatic nitrogens is 4. The third kappa shape index (κ3) is 2.72. The van der Waals surface area contributed by atoms with Gasteiger partial charge in [0.2, 0.25) is 0 Å². The Balaban J connectivity index is 1.49. The van der Waals surface area contributed by atoms with Crippen LogP contribution in [-0.4, -0.2) is 37.3 Å². The van der Waals surface area contributed by atoms with Crippen LogP contribution >= 0.6 is 0 Å². The summed E-state index contributed by atoms with van der Waals surface area (Å²) in [5.74, 6) is 0.879. The molecule has 0 bridgehead atoms. The number of carbonyl (C=O) groups excluding carboxylic acids is 1. The lowest BCUT2D eigenvalue weighted by molar-refractivity contribution is 0.0730. The van der Waals surface area contributed by atoms with Crippen LogP contribution in [0.15, 0.2) is 42.5 Å². The molecule has 1 unspecified atom stereocenters. The van der Waals surface area contributed by atoms with E-state index in [1.165, 1.54) is 0 Å². The van der Waals surface area contributed by atoms with Crippen molar-refractivity contribution in [3.05, 3.63) is 65.2 Å². The first-order valence-electron chi connectivity index (χ1n) is 9.61. The van der Waals surface area contributed by atoms with Crippen LogP contribution in [0.4, 0.5) is 0 Å². The number of hydrogen-bond acceptors (Lipinski definition) is 4. The summed E-state index contributed by atoms with van der Waals surface area (Å²) < 4.78 is 0. The van der Waals surface area contributed by atoms with Gasteiger partial charge in [0, 0.05) is 12.1 Å². The summed E-state index contributed by atoms with van der Waals surface area (Å²) in [5, 5.41) is 0. The number of benzene rings is 2. The molecule has 2 aromatic carbocycles. The molecule has 4 aromatic rings. The first-order valence-corrected chi connectivity index (χ1v) is 9.61. The number of likely N-dealkylation sites (tertiary alicyclic amines) is 1. The number of aromatic amines is 1. The molecule has 0 saturated carbocycles. The van der Waals surface area contributed by atoms with Gasteiger partial charge in [-0.15, -0.1) is 0 Å². The molecule has 28 heavy (non-hydrogen) atoms. The van der Waals surface area contributed by atoms with Crippen molar-refractivity contribution in [2.24, 2.45) is 0 Å². The summed E-state index contributed by atoms with van der Waals surface area (Å²) in [6, 6.07) is 13.5. The number of rotatable bonds is 2. The van der Waals surface area contributed by atoms with Gasteiger partial charge in [-0.05, 0) is 57.0 Å². The van der Waals surface area contributed by atoms with Gasteiger partial charge in [-0.25, -0.2) is 15.0 Å². The number of H-pyrrole nitrogens is 1. The quantitative estimate of drug-likeness (QED) is 0.576. The zero-order chi connectivity index (χ0) is 19.3. The van der Waals surface area contributed by atoms with E-state index in [1.807, 2.05) is 61.2 Å². The molecule has 1 aliphatic heterocycles. The third-order valence-electron chi connectivity index (χ3n) is 5.56. The summed E-state index contributed by atoms with van der Waals surface area (Å²) in [6.45, 7) is 4.62. The fourth-order valence-electron chi connectivity index (χ4n) is 3.95. The highest BCUT2D eigenvalue weighted by Gasteiger charge is 2.32. The smallest absolute Gasteiger partial charge is 0.254 e. The summed E-state index contributed by atoms with van der Waals surface area (Å²) >= 11 is 0. The minimum atomic E-state index is -0.0264. The van der Waals surface area contributed by atoms with Crippen LogP contribution in [0.2, 0.25) is 0 Å².